The minimum atomic E-state index is -0.368. The van der Waals surface area contributed by atoms with Gasteiger partial charge in [0, 0.05) is 0 Å². The van der Waals surface area contributed by atoms with E-state index in [0.29, 0.717) is 16.8 Å². The quantitative estimate of drug-likeness (QED) is 0.901. The SMILES string of the molecule is CC1(C)CC1C(O)Cc1cccc(F)c1Br. The monoisotopic (exact) mass is 286 g/mol. The normalized spacial score (nSPS) is 24.2. The molecule has 1 saturated carbocycles. The third-order valence-corrected chi connectivity index (χ3v) is 4.40. The molecule has 1 fully saturated rings. The fraction of sp³-hybridized carbons (Fsp3) is 0.538. The van der Waals surface area contributed by atoms with Crippen LogP contribution in [0.5, 0.6) is 0 Å². The molecular formula is C13H16BrFO. The molecule has 1 aromatic carbocycles. The predicted octanol–water partition coefficient (Wildman–Crippen LogP) is 3.54. The third kappa shape index (κ3) is 2.30. The number of aliphatic hydroxyl groups excluding tert-OH is 1. The Kier molecular flexibility index (Phi) is 3.10. The van der Waals surface area contributed by atoms with Crippen LogP contribution in [-0.2, 0) is 6.42 Å². The summed E-state index contributed by atoms with van der Waals surface area (Å²) in [6, 6.07) is 4.95. The zero-order valence-electron chi connectivity index (χ0n) is 9.50. The smallest absolute Gasteiger partial charge is 0.137 e. The van der Waals surface area contributed by atoms with Gasteiger partial charge in [-0.25, -0.2) is 4.39 Å². The maximum absolute atomic E-state index is 13.3. The summed E-state index contributed by atoms with van der Waals surface area (Å²) in [5.41, 5.74) is 1.09. The Balaban J connectivity index is 2.07. The fourth-order valence-corrected chi connectivity index (χ4v) is 2.66. The second kappa shape index (κ2) is 4.11. The lowest BCUT2D eigenvalue weighted by Gasteiger charge is -2.13. The van der Waals surface area contributed by atoms with E-state index in [1.165, 1.54) is 6.07 Å². The third-order valence-electron chi connectivity index (χ3n) is 3.51. The van der Waals surface area contributed by atoms with Crippen LogP contribution in [-0.4, -0.2) is 11.2 Å². The van der Waals surface area contributed by atoms with Crippen LogP contribution >= 0.6 is 15.9 Å². The van der Waals surface area contributed by atoms with Gasteiger partial charge in [0.15, 0.2) is 0 Å². The van der Waals surface area contributed by atoms with Crippen LogP contribution in [0.4, 0.5) is 4.39 Å². The summed E-state index contributed by atoms with van der Waals surface area (Å²) in [5.74, 6) is 0.0856. The lowest BCUT2D eigenvalue weighted by Crippen LogP contribution is -2.16. The highest BCUT2D eigenvalue weighted by atomic mass is 79.9. The zero-order valence-corrected chi connectivity index (χ0v) is 11.1. The summed E-state index contributed by atoms with van der Waals surface area (Å²) in [4.78, 5) is 0. The number of aliphatic hydroxyl groups is 1. The van der Waals surface area contributed by atoms with Crippen molar-refractivity contribution in [1.82, 2.24) is 0 Å². The number of hydrogen-bond acceptors (Lipinski definition) is 1. The molecule has 1 aliphatic carbocycles. The average molecular weight is 287 g/mol. The Morgan fingerprint density at radius 2 is 2.19 bits per heavy atom. The average Bonchev–Trinajstić information content (AvgIpc) is 2.83. The van der Waals surface area contributed by atoms with Gasteiger partial charge in [0.2, 0.25) is 0 Å². The fourth-order valence-electron chi connectivity index (χ4n) is 2.24. The molecule has 0 saturated heterocycles. The van der Waals surface area contributed by atoms with E-state index in [2.05, 4.69) is 29.8 Å². The van der Waals surface area contributed by atoms with Crippen molar-refractivity contribution in [2.45, 2.75) is 32.8 Å². The van der Waals surface area contributed by atoms with Crippen molar-refractivity contribution in [2.75, 3.05) is 0 Å². The summed E-state index contributed by atoms with van der Waals surface area (Å²) < 4.78 is 13.7. The molecule has 88 valence electrons. The Bertz CT molecular complexity index is 403. The second-order valence-electron chi connectivity index (χ2n) is 5.28. The van der Waals surface area contributed by atoms with E-state index in [4.69, 9.17) is 0 Å². The Hall–Kier alpha value is -0.410. The molecule has 1 aromatic rings. The van der Waals surface area contributed by atoms with E-state index in [-0.39, 0.29) is 17.3 Å². The van der Waals surface area contributed by atoms with Crippen molar-refractivity contribution < 1.29 is 9.50 Å². The highest BCUT2D eigenvalue weighted by molar-refractivity contribution is 9.10. The van der Waals surface area contributed by atoms with Gasteiger partial charge in [-0.3, -0.25) is 0 Å². The minimum absolute atomic E-state index is 0.249. The van der Waals surface area contributed by atoms with E-state index in [0.717, 1.165) is 12.0 Å². The molecule has 0 radical (unpaired) electrons. The van der Waals surface area contributed by atoms with Gasteiger partial charge in [-0.05, 0) is 51.7 Å². The van der Waals surface area contributed by atoms with Crippen molar-refractivity contribution in [2.24, 2.45) is 11.3 Å². The molecule has 0 aromatic heterocycles. The van der Waals surface area contributed by atoms with Gasteiger partial charge in [-0.1, -0.05) is 26.0 Å². The molecule has 2 rings (SSSR count). The first-order valence-corrected chi connectivity index (χ1v) is 6.32. The number of rotatable bonds is 3. The predicted molar refractivity (Wildman–Crippen MR) is 65.7 cm³/mol. The summed E-state index contributed by atoms with van der Waals surface area (Å²) in [6.07, 6.45) is 1.21. The van der Waals surface area contributed by atoms with Gasteiger partial charge in [0.25, 0.3) is 0 Å². The maximum Gasteiger partial charge on any atom is 0.137 e. The van der Waals surface area contributed by atoms with Gasteiger partial charge >= 0.3 is 0 Å². The van der Waals surface area contributed by atoms with Gasteiger partial charge in [-0.2, -0.15) is 0 Å². The lowest BCUT2D eigenvalue weighted by atomic mass is 10.00. The molecular weight excluding hydrogens is 271 g/mol. The minimum Gasteiger partial charge on any atom is -0.392 e. The maximum atomic E-state index is 13.3. The Morgan fingerprint density at radius 1 is 1.56 bits per heavy atom. The highest BCUT2D eigenvalue weighted by Crippen LogP contribution is 2.54. The molecule has 1 nitrogen and oxygen atoms in total. The molecule has 0 spiro atoms. The van der Waals surface area contributed by atoms with Crippen LogP contribution in [0.25, 0.3) is 0 Å². The molecule has 0 heterocycles. The van der Waals surface area contributed by atoms with E-state index in [1.54, 1.807) is 6.07 Å². The van der Waals surface area contributed by atoms with E-state index < -0.39 is 0 Å². The van der Waals surface area contributed by atoms with Crippen molar-refractivity contribution in [3.8, 4) is 0 Å². The molecule has 2 atom stereocenters. The lowest BCUT2D eigenvalue weighted by molar-refractivity contribution is 0.136. The Labute approximate surface area is 104 Å². The van der Waals surface area contributed by atoms with Crippen LogP contribution in [0.15, 0.2) is 22.7 Å². The summed E-state index contributed by atoms with van der Waals surface area (Å²) in [6.45, 7) is 4.31. The van der Waals surface area contributed by atoms with Crippen molar-refractivity contribution in [1.29, 1.82) is 0 Å². The van der Waals surface area contributed by atoms with E-state index >= 15 is 0 Å². The molecule has 16 heavy (non-hydrogen) atoms. The van der Waals surface area contributed by atoms with Crippen molar-refractivity contribution in [3.05, 3.63) is 34.1 Å². The number of hydrogen-bond donors (Lipinski definition) is 1. The molecule has 0 aliphatic heterocycles. The molecule has 1 aliphatic rings. The van der Waals surface area contributed by atoms with Crippen LogP contribution < -0.4 is 0 Å². The van der Waals surface area contributed by atoms with Gasteiger partial charge in [-0.15, -0.1) is 0 Å². The second-order valence-corrected chi connectivity index (χ2v) is 6.08. The first kappa shape index (κ1) is 12.1. The summed E-state index contributed by atoms with van der Waals surface area (Å²) >= 11 is 3.22. The number of halogens is 2. The van der Waals surface area contributed by atoms with Crippen LogP contribution in [0.1, 0.15) is 25.8 Å². The van der Waals surface area contributed by atoms with Crippen molar-refractivity contribution in [3.63, 3.8) is 0 Å². The first-order chi connectivity index (χ1) is 7.42. The van der Waals surface area contributed by atoms with Gasteiger partial charge in [0.1, 0.15) is 5.82 Å². The molecule has 2 unspecified atom stereocenters. The van der Waals surface area contributed by atoms with Gasteiger partial charge < -0.3 is 5.11 Å². The van der Waals surface area contributed by atoms with Gasteiger partial charge in [0.05, 0.1) is 10.6 Å². The number of benzene rings is 1. The van der Waals surface area contributed by atoms with E-state index in [1.807, 2.05) is 6.07 Å². The molecule has 0 bridgehead atoms. The van der Waals surface area contributed by atoms with Crippen LogP contribution in [0, 0.1) is 17.2 Å². The van der Waals surface area contributed by atoms with E-state index in [9.17, 15) is 9.50 Å². The standard InChI is InChI=1S/C13H16BrFO/c1-13(2)7-9(13)11(16)6-8-4-3-5-10(15)12(8)14/h3-5,9,11,16H,6-7H2,1-2H3. The Morgan fingerprint density at radius 3 is 2.75 bits per heavy atom. The molecule has 1 N–H and O–H groups in total. The zero-order chi connectivity index (χ0) is 11.9. The van der Waals surface area contributed by atoms with Crippen LogP contribution in [0.3, 0.4) is 0 Å². The summed E-state index contributed by atoms with van der Waals surface area (Å²) in [7, 11) is 0. The summed E-state index contributed by atoms with van der Waals surface area (Å²) in [5, 5.41) is 10.1. The largest absolute Gasteiger partial charge is 0.392 e. The van der Waals surface area contributed by atoms with Crippen LogP contribution in [0.2, 0.25) is 0 Å². The first-order valence-electron chi connectivity index (χ1n) is 5.53. The van der Waals surface area contributed by atoms with Crippen molar-refractivity contribution >= 4 is 15.9 Å². The highest BCUT2D eigenvalue weighted by Gasteiger charge is 2.49. The topological polar surface area (TPSA) is 20.2 Å². The molecule has 0 amide bonds. The molecule has 3 heteroatoms.